The normalized spacial score (nSPS) is 9.33. The minimum absolute atomic E-state index is 1.06. The summed E-state index contributed by atoms with van der Waals surface area (Å²) in [6, 6.07) is 14.0. The first-order chi connectivity index (χ1) is 7.47. The minimum Gasteiger partial charge on any atom is -0.256 e. The molecular weight excluding hydrogens is 204 g/mol. The predicted molar refractivity (Wildman–Crippen MR) is 63.9 cm³/mol. The van der Waals surface area contributed by atoms with Gasteiger partial charge in [-0.1, -0.05) is 24.3 Å². The number of pyridine rings is 1. The highest BCUT2D eigenvalue weighted by Gasteiger charge is 1.86. The van der Waals surface area contributed by atoms with Crippen LogP contribution in [-0.2, 0) is 0 Å². The van der Waals surface area contributed by atoms with E-state index in [9.17, 15) is 0 Å². The first-order valence-electron chi connectivity index (χ1n) is 4.61. The number of fused-ring (bicyclic) bond motifs is 1. The fraction of sp³-hybridized carbons (Fsp3) is 0. The fourth-order valence-electron chi connectivity index (χ4n) is 1.19. The van der Waals surface area contributed by atoms with Crippen molar-refractivity contribution in [2.45, 2.75) is 0 Å². The van der Waals surface area contributed by atoms with E-state index in [4.69, 9.17) is 0 Å². The van der Waals surface area contributed by atoms with E-state index >= 15 is 0 Å². The summed E-state index contributed by atoms with van der Waals surface area (Å²) in [5.74, 6) is 0. The van der Waals surface area contributed by atoms with E-state index in [0.29, 0.717) is 0 Å². The van der Waals surface area contributed by atoms with Crippen LogP contribution >= 0.6 is 11.5 Å². The molecule has 1 aromatic carbocycles. The summed E-state index contributed by atoms with van der Waals surface area (Å²) in [4.78, 5) is 4.18. The second-order valence-electron chi connectivity index (χ2n) is 2.88. The number of rotatable bonds is 0. The topological polar surface area (TPSA) is 25.8 Å². The van der Waals surface area contributed by atoms with Crippen molar-refractivity contribution in [1.82, 2.24) is 9.36 Å². The Kier molecular flexibility index (Phi) is 3.41. The molecule has 0 amide bonds. The molecule has 3 aromatic rings. The van der Waals surface area contributed by atoms with Gasteiger partial charge in [0.2, 0.25) is 0 Å². The molecule has 0 saturated carbocycles. The van der Waals surface area contributed by atoms with Gasteiger partial charge in [0.15, 0.2) is 0 Å². The zero-order valence-corrected chi connectivity index (χ0v) is 8.89. The number of benzene rings is 1. The first kappa shape index (κ1) is 9.80. The Bertz CT molecular complexity index is 423. The van der Waals surface area contributed by atoms with E-state index in [1.165, 1.54) is 16.9 Å². The number of nitrogens with zero attached hydrogens (tertiary/aromatic N) is 2. The van der Waals surface area contributed by atoms with Crippen LogP contribution < -0.4 is 0 Å². The van der Waals surface area contributed by atoms with Gasteiger partial charge in [-0.3, -0.25) is 4.98 Å². The van der Waals surface area contributed by atoms with E-state index in [-0.39, 0.29) is 0 Å². The lowest BCUT2D eigenvalue weighted by molar-refractivity contribution is 1.41. The molecule has 0 aliphatic heterocycles. The van der Waals surface area contributed by atoms with E-state index in [1.807, 2.05) is 41.9 Å². The maximum atomic E-state index is 4.18. The lowest BCUT2D eigenvalue weighted by Gasteiger charge is -1.91. The van der Waals surface area contributed by atoms with Gasteiger partial charge in [0.25, 0.3) is 0 Å². The molecule has 2 nitrogen and oxygen atoms in total. The van der Waals surface area contributed by atoms with Crippen molar-refractivity contribution in [3.05, 3.63) is 60.2 Å². The van der Waals surface area contributed by atoms with Crippen LogP contribution in [0, 0.1) is 0 Å². The molecule has 0 aliphatic rings. The van der Waals surface area contributed by atoms with Gasteiger partial charge >= 0.3 is 0 Å². The number of hydrogen-bond donors (Lipinski definition) is 0. The van der Waals surface area contributed by atoms with Crippen LogP contribution in [0.5, 0.6) is 0 Å². The number of aromatic nitrogens is 2. The van der Waals surface area contributed by atoms with E-state index < -0.39 is 0 Å². The van der Waals surface area contributed by atoms with Crippen molar-refractivity contribution in [1.29, 1.82) is 0 Å². The quantitative estimate of drug-likeness (QED) is 0.573. The van der Waals surface area contributed by atoms with Crippen LogP contribution in [0.3, 0.4) is 0 Å². The van der Waals surface area contributed by atoms with Crippen LogP contribution in [0.15, 0.2) is 60.2 Å². The summed E-state index contributed by atoms with van der Waals surface area (Å²) < 4.78 is 3.76. The second kappa shape index (κ2) is 5.22. The predicted octanol–water partition coefficient (Wildman–Crippen LogP) is 3.38. The summed E-state index contributed by atoms with van der Waals surface area (Å²) in [6.07, 6.45) is 3.58. The highest BCUT2D eigenvalue weighted by molar-refractivity contribution is 7.03. The van der Waals surface area contributed by atoms with Gasteiger partial charge in [0.05, 0.1) is 5.52 Å². The number of para-hydroxylation sites is 1. The molecule has 0 spiro atoms. The molecule has 0 fully saturated rings. The average molecular weight is 214 g/mol. The summed E-state index contributed by atoms with van der Waals surface area (Å²) in [5.41, 5.74) is 1.06. The van der Waals surface area contributed by atoms with Crippen molar-refractivity contribution < 1.29 is 0 Å². The molecule has 0 saturated heterocycles. The van der Waals surface area contributed by atoms with E-state index in [2.05, 4.69) is 21.5 Å². The van der Waals surface area contributed by atoms with Gasteiger partial charge in [-0.25, -0.2) is 4.37 Å². The zero-order valence-electron chi connectivity index (χ0n) is 8.08. The Morgan fingerprint density at radius 2 is 1.73 bits per heavy atom. The van der Waals surface area contributed by atoms with Crippen molar-refractivity contribution in [2.24, 2.45) is 0 Å². The monoisotopic (exact) mass is 214 g/mol. The maximum absolute atomic E-state index is 4.18. The maximum Gasteiger partial charge on any atom is 0.0701 e. The van der Waals surface area contributed by atoms with Crippen LogP contribution in [-0.4, -0.2) is 9.36 Å². The SMILES string of the molecule is c1ccc2ncccc2c1.c1cnsc1. The van der Waals surface area contributed by atoms with Crippen LogP contribution in [0.4, 0.5) is 0 Å². The highest BCUT2D eigenvalue weighted by Crippen LogP contribution is 2.07. The largest absolute Gasteiger partial charge is 0.256 e. The first-order valence-corrected chi connectivity index (χ1v) is 5.44. The van der Waals surface area contributed by atoms with E-state index in [0.717, 1.165) is 5.52 Å². The second-order valence-corrected chi connectivity index (χ2v) is 3.58. The van der Waals surface area contributed by atoms with Gasteiger partial charge in [0, 0.05) is 23.2 Å². The summed E-state index contributed by atoms with van der Waals surface area (Å²) in [5, 5.41) is 3.13. The molecule has 0 aliphatic carbocycles. The fourth-order valence-corrected chi connectivity index (χ4v) is 1.54. The molecule has 0 bridgehead atoms. The molecule has 15 heavy (non-hydrogen) atoms. The molecule has 74 valence electrons. The molecule has 0 radical (unpaired) electrons. The molecule has 0 unspecified atom stereocenters. The molecule has 3 heteroatoms. The highest BCUT2D eigenvalue weighted by atomic mass is 32.1. The van der Waals surface area contributed by atoms with Gasteiger partial charge in [-0.05, 0) is 29.7 Å². The Morgan fingerprint density at radius 1 is 0.867 bits per heavy atom. The Morgan fingerprint density at radius 3 is 2.40 bits per heavy atom. The average Bonchev–Trinajstić information content (AvgIpc) is 2.88. The van der Waals surface area contributed by atoms with Gasteiger partial charge < -0.3 is 0 Å². The van der Waals surface area contributed by atoms with Crippen LogP contribution in [0.25, 0.3) is 10.9 Å². The third-order valence-electron chi connectivity index (χ3n) is 1.86. The van der Waals surface area contributed by atoms with Gasteiger partial charge in [-0.15, -0.1) is 0 Å². The Balaban J connectivity index is 0.000000144. The summed E-state index contributed by atoms with van der Waals surface area (Å²) in [6.45, 7) is 0. The lowest BCUT2D eigenvalue weighted by Crippen LogP contribution is -1.73. The third-order valence-corrected chi connectivity index (χ3v) is 2.38. The molecule has 0 atom stereocenters. The molecule has 3 rings (SSSR count). The van der Waals surface area contributed by atoms with Crippen molar-refractivity contribution >= 4 is 22.4 Å². The standard InChI is InChI=1S/C9H7N.C3H3NS/c1-2-6-9-8(4-1)5-3-7-10-9;1-2-4-5-3-1/h1-7H;1-3H. The zero-order chi connectivity index (χ0) is 10.3. The number of hydrogen-bond acceptors (Lipinski definition) is 3. The smallest absolute Gasteiger partial charge is 0.0701 e. The lowest BCUT2D eigenvalue weighted by atomic mass is 10.2. The molecular formula is C12H10N2S. The summed E-state index contributed by atoms with van der Waals surface area (Å²) in [7, 11) is 0. The molecule has 2 heterocycles. The van der Waals surface area contributed by atoms with Crippen molar-refractivity contribution in [2.75, 3.05) is 0 Å². The summed E-state index contributed by atoms with van der Waals surface area (Å²) >= 11 is 1.46. The van der Waals surface area contributed by atoms with Crippen molar-refractivity contribution in [3.8, 4) is 0 Å². The minimum atomic E-state index is 1.06. The van der Waals surface area contributed by atoms with Gasteiger partial charge in [-0.2, -0.15) is 0 Å². The Labute approximate surface area is 92.4 Å². The van der Waals surface area contributed by atoms with Gasteiger partial charge in [0.1, 0.15) is 0 Å². The van der Waals surface area contributed by atoms with Crippen LogP contribution in [0.1, 0.15) is 0 Å². The van der Waals surface area contributed by atoms with Crippen molar-refractivity contribution in [3.63, 3.8) is 0 Å². The van der Waals surface area contributed by atoms with Crippen LogP contribution in [0.2, 0.25) is 0 Å². The van der Waals surface area contributed by atoms with E-state index in [1.54, 1.807) is 6.20 Å². The molecule has 2 aromatic heterocycles. The Hall–Kier alpha value is -1.74. The third kappa shape index (κ3) is 2.86. The molecule has 0 N–H and O–H groups in total.